The highest BCUT2D eigenvalue weighted by atomic mass is 32.2. The zero-order valence-corrected chi connectivity index (χ0v) is 17.3. The summed E-state index contributed by atoms with van der Waals surface area (Å²) in [5, 5.41) is 8.40. The molecule has 1 spiro atoms. The third-order valence-electron chi connectivity index (χ3n) is 6.79. The number of aromatic nitrogens is 4. The van der Waals surface area contributed by atoms with Crippen LogP contribution in [0.25, 0.3) is 0 Å². The van der Waals surface area contributed by atoms with E-state index in [2.05, 4.69) is 15.2 Å². The Morgan fingerprint density at radius 2 is 2.03 bits per heavy atom. The predicted octanol–water partition coefficient (Wildman–Crippen LogP) is 1.74. The Bertz CT molecular complexity index is 1030. The van der Waals surface area contributed by atoms with Crippen LogP contribution in [0, 0.1) is 0 Å². The van der Waals surface area contributed by atoms with E-state index in [9.17, 15) is 13.2 Å². The molecule has 0 aromatic carbocycles. The van der Waals surface area contributed by atoms with Gasteiger partial charge in [-0.1, -0.05) is 18.0 Å². The Kier molecular flexibility index (Phi) is 4.30. The second-order valence-corrected chi connectivity index (χ2v) is 10.9. The highest BCUT2D eigenvalue weighted by Crippen LogP contribution is 2.50. The highest BCUT2D eigenvalue weighted by molar-refractivity contribution is 7.93. The number of hydrogen-bond acceptors (Lipinski definition) is 7. The van der Waals surface area contributed by atoms with Crippen molar-refractivity contribution in [2.24, 2.45) is 0 Å². The molecule has 3 aliphatic rings. The van der Waals surface area contributed by atoms with Crippen LogP contribution in [-0.4, -0.2) is 62.7 Å². The number of hydrogen-bond donors (Lipinski definition) is 0. The third-order valence-corrected chi connectivity index (χ3v) is 9.35. The van der Waals surface area contributed by atoms with Crippen molar-refractivity contribution in [3.63, 3.8) is 0 Å². The van der Waals surface area contributed by atoms with E-state index in [1.54, 1.807) is 21.8 Å². The molecular weight excluding hydrogens is 394 g/mol. The maximum Gasteiger partial charge on any atom is 0.274 e. The fourth-order valence-electron chi connectivity index (χ4n) is 5.02. The summed E-state index contributed by atoms with van der Waals surface area (Å²) in [6.45, 7) is 2.92. The predicted molar refractivity (Wildman–Crippen MR) is 103 cm³/mol. The normalized spacial score (nSPS) is 25.6. The van der Waals surface area contributed by atoms with Gasteiger partial charge in [-0.25, -0.2) is 8.42 Å². The number of carbonyl (C=O) groups excluding carboxylic acids is 1. The number of carbonyl (C=O) groups is 1. The van der Waals surface area contributed by atoms with Crippen molar-refractivity contribution in [2.45, 2.75) is 62.2 Å². The van der Waals surface area contributed by atoms with Crippen molar-refractivity contribution in [3.8, 4) is 0 Å². The molecule has 1 aliphatic carbocycles. The summed E-state index contributed by atoms with van der Waals surface area (Å²) in [6.07, 6.45) is 6.66. The number of likely N-dealkylation sites (tertiary alicyclic amines) is 1. The minimum Gasteiger partial charge on any atom is -0.339 e. The molecule has 2 aromatic rings. The summed E-state index contributed by atoms with van der Waals surface area (Å²) >= 11 is 0. The van der Waals surface area contributed by atoms with Crippen LogP contribution in [0.2, 0.25) is 0 Å². The number of nitrogens with zero attached hydrogens (tertiary/aromatic N) is 5. The number of amides is 1. The Hall–Kier alpha value is -2.23. The van der Waals surface area contributed by atoms with Crippen LogP contribution in [0.4, 0.5) is 0 Å². The molecule has 2 aliphatic heterocycles. The molecule has 29 heavy (non-hydrogen) atoms. The zero-order chi connectivity index (χ0) is 20.2. The molecule has 5 rings (SSSR count). The monoisotopic (exact) mass is 419 g/mol. The average Bonchev–Trinajstić information content (AvgIpc) is 3.43. The van der Waals surface area contributed by atoms with Crippen molar-refractivity contribution >= 4 is 15.7 Å². The first-order chi connectivity index (χ1) is 13.9. The van der Waals surface area contributed by atoms with E-state index in [0.29, 0.717) is 36.3 Å². The molecule has 1 saturated carbocycles. The first-order valence-electron chi connectivity index (χ1n) is 10.3. The van der Waals surface area contributed by atoms with Gasteiger partial charge in [-0.3, -0.25) is 9.48 Å². The largest absolute Gasteiger partial charge is 0.339 e. The summed E-state index contributed by atoms with van der Waals surface area (Å²) in [6, 6.07) is 1.67. The number of aryl methyl sites for hydroxylation is 1. The summed E-state index contributed by atoms with van der Waals surface area (Å²) < 4.78 is 32.0. The van der Waals surface area contributed by atoms with Crippen molar-refractivity contribution in [2.75, 3.05) is 18.8 Å². The van der Waals surface area contributed by atoms with Gasteiger partial charge in [0, 0.05) is 31.7 Å². The van der Waals surface area contributed by atoms with Crippen molar-refractivity contribution in [3.05, 3.63) is 29.7 Å². The lowest BCUT2D eigenvalue weighted by Gasteiger charge is -2.48. The van der Waals surface area contributed by atoms with Gasteiger partial charge in [-0.15, -0.1) is 0 Å². The minimum atomic E-state index is -3.35. The number of sulfone groups is 1. The van der Waals surface area contributed by atoms with E-state index >= 15 is 0 Å². The van der Waals surface area contributed by atoms with Gasteiger partial charge < -0.3 is 9.42 Å². The topological polar surface area (TPSA) is 111 Å². The fourth-order valence-corrected chi connectivity index (χ4v) is 7.33. The molecule has 1 atom stereocenters. The van der Waals surface area contributed by atoms with Gasteiger partial charge in [0.15, 0.2) is 15.7 Å². The van der Waals surface area contributed by atoms with E-state index in [-0.39, 0.29) is 30.7 Å². The number of rotatable bonds is 4. The molecule has 4 heterocycles. The van der Waals surface area contributed by atoms with E-state index in [1.807, 2.05) is 6.92 Å². The lowest BCUT2D eigenvalue weighted by Crippen LogP contribution is -2.67. The molecule has 1 unspecified atom stereocenters. The molecule has 156 valence electrons. The summed E-state index contributed by atoms with van der Waals surface area (Å²) in [5.74, 6) is 0.929. The van der Waals surface area contributed by atoms with Gasteiger partial charge >= 0.3 is 0 Å². The SMILES string of the molecule is CCn1ccc(C(=O)N2CC3(C2)C(c2nc(C4CCCC4)no2)CCS3(=O)=O)n1. The molecular formula is C19H25N5O4S. The van der Waals surface area contributed by atoms with Crippen LogP contribution in [0.3, 0.4) is 0 Å². The van der Waals surface area contributed by atoms with Crippen molar-refractivity contribution < 1.29 is 17.7 Å². The van der Waals surface area contributed by atoms with E-state index in [1.165, 1.54) is 12.8 Å². The van der Waals surface area contributed by atoms with Gasteiger partial charge in [-0.2, -0.15) is 10.1 Å². The van der Waals surface area contributed by atoms with Crippen molar-refractivity contribution in [1.29, 1.82) is 0 Å². The lowest BCUT2D eigenvalue weighted by molar-refractivity contribution is 0.0497. The zero-order valence-electron chi connectivity index (χ0n) is 16.5. The second kappa shape index (κ2) is 6.65. The van der Waals surface area contributed by atoms with E-state index in [4.69, 9.17) is 4.52 Å². The van der Waals surface area contributed by atoms with Crippen LogP contribution in [0.5, 0.6) is 0 Å². The molecule has 0 bridgehead atoms. The van der Waals surface area contributed by atoms with Gasteiger partial charge in [0.1, 0.15) is 10.4 Å². The Labute approximate surface area is 169 Å². The minimum absolute atomic E-state index is 0.0886. The van der Waals surface area contributed by atoms with Gasteiger partial charge in [0.05, 0.1) is 11.7 Å². The average molecular weight is 420 g/mol. The molecule has 0 radical (unpaired) electrons. The lowest BCUT2D eigenvalue weighted by atomic mass is 9.83. The molecule has 9 nitrogen and oxygen atoms in total. The molecule has 2 aromatic heterocycles. The molecule has 3 fully saturated rings. The van der Waals surface area contributed by atoms with Crippen LogP contribution in [-0.2, 0) is 16.4 Å². The van der Waals surface area contributed by atoms with Crippen LogP contribution in [0.1, 0.15) is 73.1 Å². The van der Waals surface area contributed by atoms with E-state index in [0.717, 1.165) is 12.8 Å². The molecule has 0 N–H and O–H groups in total. The first-order valence-corrected chi connectivity index (χ1v) is 12.0. The first kappa shape index (κ1) is 18.8. The van der Waals surface area contributed by atoms with Crippen molar-refractivity contribution in [1.82, 2.24) is 24.8 Å². The van der Waals surface area contributed by atoms with Gasteiger partial charge in [0.25, 0.3) is 5.91 Å². The van der Waals surface area contributed by atoms with E-state index < -0.39 is 14.6 Å². The maximum atomic E-state index is 12.9. The van der Waals surface area contributed by atoms with Gasteiger partial charge in [0.2, 0.25) is 5.89 Å². The second-order valence-electron chi connectivity index (χ2n) is 8.41. The summed E-state index contributed by atoms with van der Waals surface area (Å²) in [5.41, 5.74) is 0.343. The Balaban J connectivity index is 1.37. The third kappa shape index (κ3) is 2.83. The van der Waals surface area contributed by atoms with Gasteiger partial charge in [-0.05, 0) is 32.3 Å². The molecule has 10 heteroatoms. The smallest absolute Gasteiger partial charge is 0.274 e. The Morgan fingerprint density at radius 3 is 2.72 bits per heavy atom. The van der Waals surface area contributed by atoms with Crippen LogP contribution < -0.4 is 0 Å². The standard InChI is InChI=1S/C19H25N5O4S/c1-2-24-9-7-15(21-24)18(25)23-11-19(12-23)14(8-10-29(19,26)27)17-20-16(22-28-17)13-5-3-4-6-13/h7,9,13-14H,2-6,8,10-12H2,1H3. The maximum absolute atomic E-state index is 12.9. The summed E-state index contributed by atoms with van der Waals surface area (Å²) in [4.78, 5) is 18.9. The van der Waals surface area contributed by atoms with Crippen LogP contribution in [0.15, 0.2) is 16.8 Å². The Morgan fingerprint density at radius 1 is 1.28 bits per heavy atom. The molecule has 2 saturated heterocycles. The molecule has 1 amide bonds. The van der Waals surface area contributed by atoms with Crippen LogP contribution >= 0.6 is 0 Å². The highest BCUT2D eigenvalue weighted by Gasteiger charge is 2.64. The summed E-state index contributed by atoms with van der Waals surface area (Å²) in [7, 11) is -3.35. The fraction of sp³-hybridized carbons (Fsp3) is 0.684. The quantitative estimate of drug-likeness (QED) is 0.742.